The molecule has 3 N–H and O–H groups in total. The van der Waals surface area contributed by atoms with Gasteiger partial charge in [-0.3, -0.25) is 9.89 Å². The van der Waals surface area contributed by atoms with Crippen molar-refractivity contribution in [3.8, 4) is 5.75 Å². The Morgan fingerprint density at radius 3 is 2.65 bits per heavy atom. The van der Waals surface area contributed by atoms with Crippen molar-refractivity contribution in [2.45, 2.75) is 12.8 Å². The summed E-state index contributed by atoms with van der Waals surface area (Å²) >= 11 is 5.91. The van der Waals surface area contributed by atoms with E-state index in [9.17, 15) is 4.79 Å². The number of H-pyrrole nitrogens is 1. The monoisotopic (exact) mass is 476 g/mol. The number of benzene rings is 2. The summed E-state index contributed by atoms with van der Waals surface area (Å²) in [6.45, 7) is 0. The minimum atomic E-state index is 0.134. The molecule has 10 heteroatoms. The summed E-state index contributed by atoms with van der Waals surface area (Å²) in [5, 5.41) is 14.3. The van der Waals surface area contributed by atoms with Crippen LogP contribution < -0.4 is 15.4 Å². The molecule has 1 amide bonds. The number of nitrogens with zero attached hydrogens (tertiary/aromatic N) is 3. The maximum absolute atomic E-state index is 11.4. The Morgan fingerprint density at radius 1 is 1.09 bits per heavy atom. The molecule has 1 aliphatic carbocycles. The first kappa shape index (κ1) is 21.7. The summed E-state index contributed by atoms with van der Waals surface area (Å²) in [5.41, 5.74) is 2.96. The number of rotatable bonds is 5. The molecular weight excluding hydrogens is 456 g/mol. The van der Waals surface area contributed by atoms with E-state index in [0.717, 1.165) is 35.2 Å². The molecule has 34 heavy (non-hydrogen) atoms. The van der Waals surface area contributed by atoms with Gasteiger partial charge in [0.2, 0.25) is 11.2 Å². The van der Waals surface area contributed by atoms with Gasteiger partial charge in [0, 0.05) is 23.1 Å². The zero-order valence-corrected chi connectivity index (χ0v) is 19.0. The normalized spacial score (nSPS) is 12.8. The number of hydrogen-bond donors (Lipinski definition) is 3. The molecule has 172 valence electrons. The zero-order chi connectivity index (χ0) is 23.5. The molecule has 0 unspecified atom stereocenters. The number of nitrogens with one attached hydrogen (secondary N) is 3. The first-order chi connectivity index (χ1) is 16.6. The molecule has 5 aromatic rings. The number of para-hydroxylation sites is 1. The van der Waals surface area contributed by atoms with E-state index in [1.54, 1.807) is 19.4 Å². The lowest BCUT2D eigenvalue weighted by atomic mass is 10.2. The van der Waals surface area contributed by atoms with Gasteiger partial charge in [-0.15, -0.1) is 0 Å². The van der Waals surface area contributed by atoms with Crippen LogP contribution in [0.15, 0.2) is 65.3 Å². The van der Waals surface area contributed by atoms with Gasteiger partial charge in [-0.1, -0.05) is 12.1 Å². The lowest BCUT2D eigenvalue weighted by Crippen LogP contribution is -2.12. The predicted octanol–water partition coefficient (Wildman–Crippen LogP) is 5.54. The molecular formula is C24H21ClN6O3. The SMILES string of the molecule is COc1ccc(NC(=O)C2CC2)cc1.Clc1nc(Nc2n[nH]c3ccccc23)c2occc2n1. The van der Waals surface area contributed by atoms with E-state index in [1.165, 1.54) is 0 Å². The average Bonchev–Trinajstić information content (AvgIpc) is 3.48. The van der Waals surface area contributed by atoms with E-state index in [-0.39, 0.29) is 17.1 Å². The minimum Gasteiger partial charge on any atom is -0.497 e. The van der Waals surface area contributed by atoms with Crippen LogP contribution in [0.2, 0.25) is 5.28 Å². The first-order valence-corrected chi connectivity index (χ1v) is 11.0. The fourth-order valence-corrected chi connectivity index (χ4v) is 3.53. The number of ether oxygens (including phenoxy) is 1. The summed E-state index contributed by atoms with van der Waals surface area (Å²) < 4.78 is 10.4. The Balaban J connectivity index is 0.000000152. The van der Waals surface area contributed by atoms with E-state index in [0.29, 0.717) is 22.7 Å². The molecule has 0 bridgehead atoms. The Morgan fingerprint density at radius 2 is 1.88 bits per heavy atom. The number of carbonyl (C=O) groups excluding carboxylic acids is 1. The topological polar surface area (TPSA) is 118 Å². The second-order valence-corrected chi connectivity index (χ2v) is 8.05. The highest BCUT2D eigenvalue weighted by Gasteiger charge is 2.29. The highest BCUT2D eigenvalue weighted by Crippen LogP contribution is 2.30. The third-order valence-corrected chi connectivity index (χ3v) is 5.46. The molecule has 3 heterocycles. The van der Waals surface area contributed by atoms with E-state index in [4.69, 9.17) is 20.8 Å². The van der Waals surface area contributed by atoms with Crippen LogP contribution in [0.1, 0.15) is 12.8 Å². The molecule has 0 atom stereocenters. The van der Waals surface area contributed by atoms with Crippen LogP contribution in [-0.4, -0.2) is 33.2 Å². The van der Waals surface area contributed by atoms with Gasteiger partial charge in [-0.05, 0) is 60.8 Å². The molecule has 0 saturated heterocycles. The molecule has 0 spiro atoms. The van der Waals surface area contributed by atoms with Crippen LogP contribution in [0.3, 0.4) is 0 Å². The fraction of sp³-hybridized carbons (Fsp3) is 0.167. The Kier molecular flexibility index (Phi) is 6.01. The molecule has 1 aliphatic rings. The van der Waals surface area contributed by atoms with Crippen molar-refractivity contribution in [1.82, 2.24) is 20.2 Å². The summed E-state index contributed by atoms with van der Waals surface area (Å²) in [6, 6.07) is 16.9. The maximum Gasteiger partial charge on any atom is 0.227 e. The summed E-state index contributed by atoms with van der Waals surface area (Å²) in [6.07, 6.45) is 3.60. The molecule has 9 nitrogen and oxygen atoms in total. The van der Waals surface area contributed by atoms with Gasteiger partial charge in [0.05, 0.1) is 18.9 Å². The van der Waals surface area contributed by atoms with Crippen molar-refractivity contribution < 1.29 is 13.9 Å². The van der Waals surface area contributed by atoms with Crippen molar-refractivity contribution in [3.05, 3.63) is 66.1 Å². The van der Waals surface area contributed by atoms with Crippen LogP contribution in [0.4, 0.5) is 17.3 Å². The summed E-state index contributed by atoms with van der Waals surface area (Å²) in [5.74, 6) is 2.33. The van der Waals surface area contributed by atoms with Crippen molar-refractivity contribution in [2.24, 2.45) is 5.92 Å². The third-order valence-electron chi connectivity index (χ3n) is 5.29. The first-order valence-electron chi connectivity index (χ1n) is 10.7. The maximum atomic E-state index is 11.4. The van der Waals surface area contributed by atoms with Crippen LogP contribution in [0, 0.1) is 5.92 Å². The Hall–Kier alpha value is -4.11. The molecule has 1 saturated carbocycles. The van der Waals surface area contributed by atoms with Gasteiger partial charge in [-0.25, -0.2) is 4.98 Å². The van der Waals surface area contributed by atoms with Crippen molar-refractivity contribution in [1.29, 1.82) is 0 Å². The second-order valence-electron chi connectivity index (χ2n) is 7.71. The number of halogens is 1. The fourth-order valence-electron chi connectivity index (χ4n) is 3.35. The van der Waals surface area contributed by atoms with Crippen LogP contribution in [0.5, 0.6) is 5.75 Å². The number of hydrogen-bond acceptors (Lipinski definition) is 7. The molecule has 1 fully saturated rings. The summed E-state index contributed by atoms with van der Waals surface area (Å²) in [7, 11) is 1.62. The Labute approximate surface area is 199 Å². The van der Waals surface area contributed by atoms with Gasteiger partial charge in [0.15, 0.2) is 17.2 Å². The van der Waals surface area contributed by atoms with E-state index < -0.39 is 0 Å². The Bertz CT molecular complexity index is 1440. The van der Waals surface area contributed by atoms with Crippen molar-refractivity contribution in [2.75, 3.05) is 17.7 Å². The molecule has 3 aromatic heterocycles. The number of aromatic nitrogens is 4. The second kappa shape index (κ2) is 9.40. The van der Waals surface area contributed by atoms with Crippen LogP contribution in [-0.2, 0) is 4.79 Å². The predicted molar refractivity (Wildman–Crippen MR) is 131 cm³/mol. The van der Waals surface area contributed by atoms with E-state index in [2.05, 4.69) is 30.8 Å². The standard InChI is InChI=1S/C13H8ClN5O.C11H13NO2/c14-13-15-9-5-6-20-10(9)12(17-13)16-11-7-3-1-2-4-8(7)18-19-11;1-14-10-6-4-9(5-7-10)12-11(13)8-2-3-8/h1-6H,(H2,15,16,17,18,19);4-8H,2-3H2,1H3,(H,12,13). The minimum absolute atomic E-state index is 0.134. The van der Waals surface area contributed by atoms with Crippen molar-refractivity contribution in [3.63, 3.8) is 0 Å². The van der Waals surface area contributed by atoms with Gasteiger partial charge in [0.1, 0.15) is 11.3 Å². The highest BCUT2D eigenvalue weighted by atomic mass is 35.5. The van der Waals surface area contributed by atoms with Crippen molar-refractivity contribution >= 4 is 56.8 Å². The molecule has 0 radical (unpaired) electrons. The number of anilines is 3. The van der Waals surface area contributed by atoms with E-state index >= 15 is 0 Å². The number of fused-ring (bicyclic) bond motifs is 2. The molecule has 6 rings (SSSR count). The quantitative estimate of drug-likeness (QED) is 0.285. The molecule has 0 aliphatic heterocycles. The number of aromatic amines is 1. The van der Waals surface area contributed by atoms with E-state index in [1.807, 2.05) is 48.5 Å². The van der Waals surface area contributed by atoms with Gasteiger partial charge < -0.3 is 19.8 Å². The van der Waals surface area contributed by atoms with Gasteiger partial charge >= 0.3 is 0 Å². The number of methoxy groups -OCH3 is 1. The number of furan rings is 1. The largest absolute Gasteiger partial charge is 0.497 e. The number of carbonyl (C=O) groups is 1. The lowest BCUT2D eigenvalue weighted by Gasteiger charge is -2.04. The smallest absolute Gasteiger partial charge is 0.227 e. The zero-order valence-electron chi connectivity index (χ0n) is 18.2. The number of amides is 1. The third kappa shape index (κ3) is 4.79. The highest BCUT2D eigenvalue weighted by molar-refractivity contribution is 6.28. The van der Waals surface area contributed by atoms with Gasteiger partial charge in [-0.2, -0.15) is 10.1 Å². The van der Waals surface area contributed by atoms with Crippen LogP contribution >= 0.6 is 11.6 Å². The molecule has 2 aromatic carbocycles. The van der Waals surface area contributed by atoms with Crippen LogP contribution in [0.25, 0.3) is 22.0 Å². The average molecular weight is 477 g/mol. The lowest BCUT2D eigenvalue weighted by molar-refractivity contribution is -0.117. The summed E-state index contributed by atoms with van der Waals surface area (Å²) in [4.78, 5) is 19.6. The van der Waals surface area contributed by atoms with Gasteiger partial charge in [0.25, 0.3) is 0 Å².